The van der Waals surface area contributed by atoms with Crippen LogP contribution in [0, 0.1) is 28.6 Å². The van der Waals surface area contributed by atoms with Crippen LogP contribution in [0.5, 0.6) is 0 Å². The number of rotatable bonds is 8. The van der Waals surface area contributed by atoms with Gasteiger partial charge >= 0.3 is 178 Å². The van der Waals surface area contributed by atoms with E-state index >= 15 is 0 Å². The molecular weight excluding hydrogens is 404 g/mol. The standard InChI is InChI=1S/C24H37.2CH3.Zr/c1-5-24(6-2)18-16-21-14-9-15-22(21)23(24,4)17-10-11-19(3)20-12-7-8-13-20;;;/h7-8,12,15-16,18-19,21-22H,5-6,9-11,13-14,17H2,1-4H3;2*1H3;. The Kier molecular flexibility index (Phi) is 7.15. The Balaban J connectivity index is 1.80. The first kappa shape index (κ1) is 21.8. The van der Waals surface area contributed by atoms with E-state index in [2.05, 4.69) is 67.3 Å². The fourth-order valence-electron chi connectivity index (χ4n) is 7.14. The molecule has 0 nitrogen and oxygen atoms in total. The number of hydrogen-bond donors (Lipinski definition) is 0. The van der Waals surface area contributed by atoms with Crippen molar-refractivity contribution in [3.05, 3.63) is 36.0 Å². The SMILES string of the molecule is CCC1(CC)C=CC2CC[CH]([Zr]([CH3])[CH3])C2C1(C)CCCC(C)C1=CC=CC1. The fourth-order valence-corrected chi connectivity index (χ4v) is 12.2. The van der Waals surface area contributed by atoms with Gasteiger partial charge in [-0.2, -0.15) is 0 Å². The minimum atomic E-state index is -1.20. The zero-order chi connectivity index (χ0) is 19.7. The molecule has 0 amide bonds. The van der Waals surface area contributed by atoms with Crippen LogP contribution in [-0.4, -0.2) is 0 Å². The molecule has 3 aliphatic rings. The first-order valence-electron chi connectivity index (χ1n) is 11.7. The van der Waals surface area contributed by atoms with Crippen LogP contribution >= 0.6 is 0 Å². The second kappa shape index (κ2) is 8.85. The molecule has 0 aromatic rings. The summed E-state index contributed by atoms with van der Waals surface area (Å²) < 4.78 is 6.47. The average molecular weight is 447 g/mol. The Labute approximate surface area is 177 Å². The third-order valence-corrected chi connectivity index (χ3v) is 14.2. The summed E-state index contributed by atoms with van der Waals surface area (Å²) in [6.45, 7) is 10.1. The van der Waals surface area contributed by atoms with E-state index in [1.807, 2.05) is 0 Å². The Hall–Kier alpha value is 0.103. The molecular formula is C26H43Zr. The molecule has 1 fully saturated rings. The monoisotopic (exact) mass is 445 g/mol. The summed E-state index contributed by atoms with van der Waals surface area (Å²) in [4.78, 5) is 0. The summed E-state index contributed by atoms with van der Waals surface area (Å²) in [5, 5.41) is 0. The summed E-state index contributed by atoms with van der Waals surface area (Å²) in [5.41, 5.74) is 2.61. The van der Waals surface area contributed by atoms with Crippen molar-refractivity contribution in [2.75, 3.05) is 0 Å². The van der Waals surface area contributed by atoms with E-state index in [1.165, 1.54) is 51.4 Å². The molecule has 1 heteroatoms. The second-order valence-corrected chi connectivity index (χ2v) is 17.4. The summed E-state index contributed by atoms with van der Waals surface area (Å²) in [6, 6.07) is 0. The Bertz CT molecular complexity index is 591. The van der Waals surface area contributed by atoms with Gasteiger partial charge in [0.15, 0.2) is 0 Å². The van der Waals surface area contributed by atoms with Gasteiger partial charge in [-0.1, -0.05) is 0 Å². The van der Waals surface area contributed by atoms with Crippen molar-refractivity contribution < 1.29 is 21.8 Å². The van der Waals surface area contributed by atoms with Crippen molar-refractivity contribution in [2.45, 2.75) is 92.0 Å². The number of hydrogen-bond acceptors (Lipinski definition) is 0. The molecule has 0 spiro atoms. The molecule has 151 valence electrons. The van der Waals surface area contributed by atoms with Crippen molar-refractivity contribution in [1.29, 1.82) is 0 Å². The summed E-state index contributed by atoms with van der Waals surface area (Å²) in [5.74, 6) is 2.63. The van der Waals surface area contributed by atoms with Gasteiger partial charge in [0, 0.05) is 0 Å². The normalized spacial score (nSPS) is 35.2. The molecule has 5 atom stereocenters. The molecule has 3 rings (SSSR count). The number of allylic oxidation sites excluding steroid dienone is 6. The molecule has 1 saturated carbocycles. The Morgan fingerprint density at radius 1 is 1.19 bits per heavy atom. The molecule has 0 aliphatic heterocycles. The van der Waals surface area contributed by atoms with E-state index < -0.39 is 21.8 Å². The van der Waals surface area contributed by atoms with E-state index in [1.54, 1.807) is 5.57 Å². The zero-order valence-electron chi connectivity index (χ0n) is 18.9. The van der Waals surface area contributed by atoms with Crippen LogP contribution in [-0.2, 0) is 21.8 Å². The molecule has 0 heterocycles. The van der Waals surface area contributed by atoms with Gasteiger partial charge in [0.1, 0.15) is 0 Å². The van der Waals surface area contributed by atoms with Crippen LogP contribution in [0.1, 0.15) is 79.1 Å². The molecule has 0 radical (unpaired) electrons. The fraction of sp³-hybridized carbons (Fsp3) is 0.769. The third kappa shape index (κ3) is 3.93. The second-order valence-electron chi connectivity index (χ2n) is 10.3. The van der Waals surface area contributed by atoms with Gasteiger partial charge < -0.3 is 0 Å². The van der Waals surface area contributed by atoms with Gasteiger partial charge in [0.05, 0.1) is 0 Å². The van der Waals surface area contributed by atoms with Gasteiger partial charge in [-0.25, -0.2) is 0 Å². The quantitative estimate of drug-likeness (QED) is 0.327. The summed E-state index contributed by atoms with van der Waals surface area (Å²) >= 11 is -1.20. The third-order valence-electron chi connectivity index (χ3n) is 9.01. The molecule has 27 heavy (non-hydrogen) atoms. The zero-order valence-corrected chi connectivity index (χ0v) is 21.3. The molecule has 0 N–H and O–H groups in total. The topological polar surface area (TPSA) is 0 Å². The molecule has 3 aliphatic carbocycles. The molecule has 5 unspecified atom stereocenters. The molecule has 0 aromatic heterocycles. The Morgan fingerprint density at radius 3 is 2.52 bits per heavy atom. The summed E-state index contributed by atoms with van der Waals surface area (Å²) in [6.07, 6.45) is 23.4. The van der Waals surface area contributed by atoms with E-state index in [0.717, 1.165) is 21.4 Å². The maximum atomic E-state index is 2.73. The van der Waals surface area contributed by atoms with E-state index in [4.69, 9.17) is 0 Å². The van der Waals surface area contributed by atoms with Gasteiger partial charge in [-0.05, 0) is 0 Å². The van der Waals surface area contributed by atoms with Crippen molar-refractivity contribution in [1.82, 2.24) is 0 Å². The van der Waals surface area contributed by atoms with Gasteiger partial charge in [0.25, 0.3) is 0 Å². The minimum absolute atomic E-state index is 0.437. The van der Waals surface area contributed by atoms with Crippen LogP contribution in [0.4, 0.5) is 0 Å². The van der Waals surface area contributed by atoms with Crippen molar-refractivity contribution in [3.8, 4) is 0 Å². The van der Waals surface area contributed by atoms with Crippen molar-refractivity contribution in [3.63, 3.8) is 0 Å². The van der Waals surface area contributed by atoms with Crippen LogP contribution in [0.2, 0.25) is 12.9 Å². The van der Waals surface area contributed by atoms with Crippen LogP contribution in [0.15, 0.2) is 36.0 Å². The van der Waals surface area contributed by atoms with Crippen molar-refractivity contribution >= 4 is 0 Å². The molecule has 0 bridgehead atoms. The average Bonchev–Trinajstić information content (AvgIpc) is 3.33. The van der Waals surface area contributed by atoms with Crippen LogP contribution in [0.25, 0.3) is 0 Å². The van der Waals surface area contributed by atoms with Gasteiger partial charge in [-0.15, -0.1) is 0 Å². The summed E-state index contributed by atoms with van der Waals surface area (Å²) in [7, 11) is 0. The van der Waals surface area contributed by atoms with E-state index in [9.17, 15) is 0 Å². The predicted molar refractivity (Wildman–Crippen MR) is 117 cm³/mol. The van der Waals surface area contributed by atoms with E-state index in [0.29, 0.717) is 10.8 Å². The van der Waals surface area contributed by atoms with E-state index in [-0.39, 0.29) is 0 Å². The van der Waals surface area contributed by atoms with Gasteiger partial charge in [-0.3, -0.25) is 0 Å². The molecule has 0 aromatic carbocycles. The predicted octanol–water partition coefficient (Wildman–Crippen LogP) is 8.59. The van der Waals surface area contributed by atoms with Crippen molar-refractivity contribution in [2.24, 2.45) is 28.6 Å². The van der Waals surface area contributed by atoms with Crippen LogP contribution in [0.3, 0.4) is 0 Å². The van der Waals surface area contributed by atoms with Gasteiger partial charge in [0.2, 0.25) is 0 Å². The van der Waals surface area contributed by atoms with Crippen LogP contribution < -0.4 is 0 Å². The first-order chi connectivity index (χ1) is 12.9. The Morgan fingerprint density at radius 2 is 1.93 bits per heavy atom. The first-order valence-corrected chi connectivity index (χ1v) is 18.1. The number of fused-ring (bicyclic) bond motifs is 1. The molecule has 0 saturated heterocycles. The maximum absolute atomic E-state index is 2.73.